The first-order valence-corrected chi connectivity index (χ1v) is 11.3. The van der Waals surface area contributed by atoms with Gasteiger partial charge in [0.2, 0.25) is 0 Å². The zero-order valence-corrected chi connectivity index (χ0v) is 18.4. The lowest BCUT2D eigenvalue weighted by Gasteiger charge is -2.47. The van der Waals surface area contributed by atoms with Crippen molar-refractivity contribution in [3.63, 3.8) is 0 Å². The summed E-state index contributed by atoms with van der Waals surface area (Å²) >= 11 is 0. The first kappa shape index (κ1) is 22.7. The van der Waals surface area contributed by atoms with Gasteiger partial charge in [0.1, 0.15) is 18.3 Å². The SMILES string of the molecule is O=C(O[C@@H]1[C@@H](OCc2ccccc2)O[C@@H]2COC(c3ccccc3)O[C@H]2[C@@H]1O)c1ccccc1. The second-order valence-electron chi connectivity index (χ2n) is 8.24. The number of hydrogen-bond donors (Lipinski definition) is 1. The number of ether oxygens (including phenoxy) is 5. The lowest BCUT2D eigenvalue weighted by atomic mass is 9.97. The van der Waals surface area contributed by atoms with Gasteiger partial charge in [0.15, 0.2) is 18.7 Å². The van der Waals surface area contributed by atoms with Crippen molar-refractivity contribution < 1.29 is 33.6 Å². The topological polar surface area (TPSA) is 83.5 Å². The average Bonchev–Trinajstić information content (AvgIpc) is 2.90. The standard InChI is InChI=1S/C27H26O7/c28-22-23-21(17-31-26(34-23)20-14-8-3-9-15-20)32-27(30-16-18-10-4-1-5-11-18)24(22)33-25(29)19-12-6-2-7-13-19/h1-15,21-24,26-28H,16-17H2/t21-,22+,23-,24+,26?,27+/m1/s1. The van der Waals surface area contributed by atoms with Crippen LogP contribution in [0.4, 0.5) is 0 Å². The Kier molecular flexibility index (Phi) is 6.99. The molecule has 2 saturated heterocycles. The molecule has 0 aliphatic carbocycles. The molecule has 7 heteroatoms. The van der Waals surface area contributed by atoms with Crippen molar-refractivity contribution in [1.82, 2.24) is 0 Å². The molecule has 6 atom stereocenters. The summed E-state index contributed by atoms with van der Waals surface area (Å²) in [5, 5.41) is 11.3. The third-order valence-electron chi connectivity index (χ3n) is 5.89. The predicted molar refractivity (Wildman–Crippen MR) is 122 cm³/mol. The summed E-state index contributed by atoms with van der Waals surface area (Å²) < 4.78 is 29.7. The van der Waals surface area contributed by atoms with Gasteiger partial charge in [0.25, 0.3) is 0 Å². The molecule has 0 amide bonds. The summed E-state index contributed by atoms with van der Waals surface area (Å²) in [6.45, 7) is 0.426. The van der Waals surface area contributed by atoms with Crippen LogP contribution in [0, 0.1) is 0 Å². The molecule has 5 rings (SSSR count). The average molecular weight is 462 g/mol. The number of hydrogen-bond acceptors (Lipinski definition) is 7. The molecule has 0 spiro atoms. The molecule has 0 aromatic heterocycles. The van der Waals surface area contributed by atoms with Gasteiger partial charge in [-0.05, 0) is 17.7 Å². The third kappa shape index (κ3) is 5.04. The number of esters is 1. The fourth-order valence-electron chi connectivity index (χ4n) is 4.12. The van der Waals surface area contributed by atoms with Crippen molar-refractivity contribution in [3.8, 4) is 0 Å². The molecule has 3 aromatic carbocycles. The molecule has 1 unspecified atom stereocenters. The van der Waals surface area contributed by atoms with E-state index in [1.54, 1.807) is 24.3 Å². The van der Waals surface area contributed by atoms with E-state index in [-0.39, 0.29) is 13.2 Å². The quantitative estimate of drug-likeness (QED) is 0.560. The fraction of sp³-hybridized carbons (Fsp3) is 0.296. The van der Waals surface area contributed by atoms with E-state index in [0.29, 0.717) is 5.56 Å². The van der Waals surface area contributed by atoms with Crippen LogP contribution in [0.1, 0.15) is 27.8 Å². The van der Waals surface area contributed by atoms with Crippen LogP contribution in [0.5, 0.6) is 0 Å². The predicted octanol–water partition coefficient (Wildman–Crippen LogP) is 3.63. The van der Waals surface area contributed by atoms with Crippen molar-refractivity contribution in [1.29, 1.82) is 0 Å². The van der Waals surface area contributed by atoms with Crippen molar-refractivity contribution in [2.75, 3.05) is 6.61 Å². The van der Waals surface area contributed by atoms with E-state index in [4.69, 9.17) is 23.7 Å². The van der Waals surface area contributed by atoms with Crippen LogP contribution < -0.4 is 0 Å². The maximum atomic E-state index is 12.8. The Morgan fingerprint density at radius 3 is 2.24 bits per heavy atom. The zero-order valence-electron chi connectivity index (χ0n) is 18.4. The van der Waals surface area contributed by atoms with Crippen LogP contribution in [-0.2, 0) is 30.3 Å². The Morgan fingerprint density at radius 1 is 0.882 bits per heavy atom. The molecule has 0 saturated carbocycles. The van der Waals surface area contributed by atoms with Crippen LogP contribution in [0.15, 0.2) is 91.0 Å². The van der Waals surface area contributed by atoms with Crippen LogP contribution in [-0.4, -0.2) is 48.4 Å². The molecular weight excluding hydrogens is 436 g/mol. The van der Waals surface area contributed by atoms with Crippen molar-refractivity contribution in [3.05, 3.63) is 108 Å². The zero-order chi connectivity index (χ0) is 23.3. The number of carbonyl (C=O) groups is 1. The summed E-state index contributed by atoms with van der Waals surface area (Å²) in [7, 11) is 0. The highest BCUT2D eigenvalue weighted by Crippen LogP contribution is 2.35. The lowest BCUT2D eigenvalue weighted by molar-refractivity contribution is -0.362. The van der Waals surface area contributed by atoms with Gasteiger partial charge < -0.3 is 28.8 Å². The molecule has 1 N–H and O–H groups in total. The molecule has 7 nitrogen and oxygen atoms in total. The van der Waals surface area contributed by atoms with Crippen LogP contribution in [0.3, 0.4) is 0 Å². The van der Waals surface area contributed by atoms with Gasteiger partial charge in [-0.15, -0.1) is 0 Å². The normalized spacial score (nSPS) is 28.6. The molecule has 34 heavy (non-hydrogen) atoms. The Labute approximate surface area is 197 Å². The molecule has 2 heterocycles. The highest BCUT2D eigenvalue weighted by atomic mass is 16.8. The summed E-state index contributed by atoms with van der Waals surface area (Å²) in [6, 6.07) is 27.6. The lowest BCUT2D eigenvalue weighted by Crippen LogP contribution is -2.63. The third-order valence-corrected chi connectivity index (χ3v) is 5.89. The summed E-state index contributed by atoms with van der Waals surface area (Å²) in [6.07, 6.45) is -5.27. The highest BCUT2D eigenvalue weighted by Gasteiger charge is 2.51. The minimum atomic E-state index is -1.18. The van der Waals surface area contributed by atoms with Gasteiger partial charge in [-0.1, -0.05) is 78.9 Å². The Bertz CT molecular complexity index is 1060. The number of fused-ring (bicyclic) bond motifs is 1. The molecule has 2 fully saturated rings. The minimum absolute atomic E-state index is 0.200. The highest BCUT2D eigenvalue weighted by molar-refractivity contribution is 5.89. The summed E-state index contributed by atoms with van der Waals surface area (Å²) in [4.78, 5) is 12.8. The fourth-order valence-corrected chi connectivity index (χ4v) is 4.12. The van der Waals surface area contributed by atoms with Crippen molar-refractivity contribution in [2.45, 2.75) is 43.6 Å². The van der Waals surface area contributed by atoms with E-state index >= 15 is 0 Å². The Morgan fingerprint density at radius 2 is 1.53 bits per heavy atom. The van der Waals surface area contributed by atoms with E-state index in [1.165, 1.54) is 0 Å². The van der Waals surface area contributed by atoms with Crippen molar-refractivity contribution in [2.24, 2.45) is 0 Å². The van der Waals surface area contributed by atoms with Gasteiger partial charge >= 0.3 is 5.97 Å². The number of aliphatic hydroxyl groups is 1. The number of rotatable bonds is 6. The number of carbonyl (C=O) groups excluding carboxylic acids is 1. The largest absolute Gasteiger partial charge is 0.450 e. The maximum absolute atomic E-state index is 12.8. The molecule has 0 bridgehead atoms. The van der Waals surface area contributed by atoms with E-state index in [1.807, 2.05) is 66.7 Å². The molecule has 3 aromatic rings. The van der Waals surface area contributed by atoms with E-state index in [9.17, 15) is 9.90 Å². The van der Waals surface area contributed by atoms with Crippen LogP contribution in [0.2, 0.25) is 0 Å². The first-order chi connectivity index (χ1) is 16.7. The molecule has 0 radical (unpaired) electrons. The van der Waals surface area contributed by atoms with Gasteiger partial charge in [0.05, 0.1) is 18.8 Å². The second-order valence-corrected chi connectivity index (χ2v) is 8.24. The summed E-state index contributed by atoms with van der Waals surface area (Å²) in [5.74, 6) is -0.577. The molecule has 2 aliphatic heterocycles. The molecule has 176 valence electrons. The van der Waals surface area contributed by atoms with Crippen molar-refractivity contribution >= 4 is 5.97 Å². The van der Waals surface area contributed by atoms with Gasteiger partial charge in [-0.3, -0.25) is 0 Å². The number of benzene rings is 3. The summed E-state index contributed by atoms with van der Waals surface area (Å²) in [5.41, 5.74) is 2.12. The van der Waals surface area contributed by atoms with Gasteiger partial charge in [-0.25, -0.2) is 4.79 Å². The van der Waals surface area contributed by atoms with Crippen LogP contribution >= 0.6 is 0 Å². The van der Waals surface area contributed by atoms with E-state index in [2.05, 4.69) is 0 Å². The second kappa shape index (κ2) is 10.5. The number of aliphatic hydroxyl groups excluding tert-OH is 1. The van der Waals surface area contributed by atoms with Crippen LogP contribution in [0.25, 0.3) is 0 Å². The Hall–Kier alpha value is -3.07. The first-order valence-electron chi connectivity index (χ1n) is 11.3. The maximum Gasteiger partial charge on any atom is 0.338 e. The van der Waals surface area contributed by atoms with Gasteiger partial charge in [-0.2, -0.15) is 0 Å². The van der Waals surface area contributed by atoms with Gasteiger partial charge in [0, 0.05) is 5.56 Å². The molecular formula is C27H26O7. The minimum Gasteiger partial charge on any atom is -0.450 e. The Balaban J connectivity index is 1.35. The van der Waals surface area contributed by atoms with E-state index in [0.717, 1.165) is 11.1 Å². The van der Waals surface area contributed by atoms with E-state index < -0.39 is 43.0 Å². The smallest absolute Gasteiger partial charge is 0.338 e. The molecule has 2 aliphatic rings. The monoisotopic (exact) mass is 462 g/mol.